The van der Waals surface area contributed by atoms with Crippen LogP contribution in [0.25, 0.3) is 0 Å². The zero-order chi connectivity index (χ0) is 21.6. The zero-order valence-corrected chi connectivity index (χ0v) is 18.3. The topological polar surface area (TPSA) is 69.5 Å². The number of amides is 1. The molecule has 3 aromatic rings. The number of carbonyl (C=O) groups excluding carboxylic acids is 1. The van der Waals surface area contributed by atoms with Gasteiger partial charge in [-0.1, -0.05) is 0 Å². The summed E-state index contributed by atoms with van der Waals surface area (Å²) in [5.74, 6) is 0.772. The van der Waals surface area contributed by atoms with E-state index in [1.54, 1.807) is 11.3 Å². The molecule has 0 aliphatic carbocycles. The fourth-order valence-electron chi connectivity index (χ4n) is 3.63. The van der Waals surface area contributed by atoms with Crippen LogP contribution in [-0.4, -0.2) is 42.0 Å². The van der Waals surface area contributed by atoms with Gasteiger partial charge in [-0.2, -0.15) is 5.26 Å². The average molecular weight is 433 g/mol. The normalized spacial score (nSPS) is 14.1. The molecule has 0 N–H and O–H groups in total. The summed E-state index contributed by atoms with van der Waals surface area (Å²) in [5.41, 5.74) is 3.33. The van der Waals surface area contributed by atoms with Crippen molar-refractivity contribution in [1.29, 1.82) is 5.26 Å². The molecular formula is C24H24N4O2S. The van der Waals surface area contributed by atoms with E-state index < -0.39 is 0 Å². The second-order valence-electron chi connectivity index (χ2n) is 7.46. The van der Waals surface area contributed by atoms with Crippen molar-refractivity contribution in [3.8, 4) is 11.8 Å². The molecule has 0 saturated carbocycles. The molecular weight excluding hydrogens is 408 g/mol. The molecule has 6 nitrogen and oxygen atoms in total. The van der Waals surface area contributed by atoms with Crippen LogP contribution in [0.4, 0.5) is 5.69 Å². The third kappa shape index (κ3) is 5.22. The van der Waals surface area contributed by atoms with Crippen LogP contribution in [0.5, 0.6) is 5.75 Å². The lowest BCUT2D eigenvalue weighted by Gasteiger charge is -2.24. The van der Waals surface area contributed by atoms with E-state index in [1.807, 2.05) is 65.7 Å². The van der Waals surface area contributed by atoms with E-state index in [1.165, 1.54) is 0 Å². The summed E-state index contributed by atoms with van der Waals surface area (Å²) < 4.78 is 5.78. The van der Waals surface area contributed by atoms with Crippen LogP contribution in [0.2, 0.25) is 0 Å². The first-order chi connectivity index (χ1) is 15.1. The minimum atomic E-state index is 0.0448. The molecule has 0 spiro atoms. The molecule has 7 heteroatoms. The van der Waals surface area contributed by atoms with Gasteiger partial charge in [-0.25, -0.2) is 4.98 Å². The lowest BCUT2D eigenvalue weighted by atomic mass is 10.2. The van der Waals surface area contributed by atoms with Crippen molar-refractivity contribution in [2.45, 2.75) is 20.0 Å². The number of nitriles is 1. The van der Waals surface area contributed by atoms with Crippen molar-refractivity contribution < 1.29 is 9.53 Å². The van der Waals surface area contributed by atoms with Crippen molar-refractivity contribution in [3.05, 3.63) is 75.7 Å². The molecule has 158 valence electrons. The third-order valence-corrected chi connectivity index (χ3v) is 6.12. The van der Waals surface area contributed by atoms with E-state index in [-0.39, 0.29) is 5.91 Å². The van der Waals surface area contributed by atoms with E-state index in [2.05, 4.69) is 16.0 Å². The van der Waals surface area contributed by atoms with Crippen molar-refractivity contribution in [1.82, 2.24) is 9.88 Å². The van der Waals surface area contributed by atoms with Crippen molar-refractivity contribution >= 4 is 22.9 Å². The fourth-order valence-corrected chi connectivity index (χ4v) is 4.23. The Morgan fingerprint density at radius 2 is 1.87 bits per heavy atom. The van der Waals surface area contributed by atoms with Gasteiger partial charge in [0.05, 0.1) is 22.3 Å². The number of aromatic nitrogens is 1. The molecule has 0 unspecified atom stereocenters. The Morgan fingerprint density at radius 3 is 2.55 bits per heavy atom. The minimum absolute atomic E-state index is 0.0448. The van der Waals surface area contributed by atoms with Crippen LogP contribution in [0, 0.1) is 18.3 Å². The van der Waals surface area contributed by atoms with Gasteiger partial charge in [-0.3, -0.25) is 4.79 Å². The Morgan fingerprint density at radius 1 is 1.10 bits per heavy atom. The average Bonchev–Trinajstić information content (AvgIpc) is 3.07. The van der Waals surface area contributed by atoms with E-state index >= 15 is 0 Å². The molecule has 1 saturated heterocycles. The number of hydrogen-bond donors (Lipinski definition) is 0. The number of rotatable bonds is 5. The predicted molar refractivity (Wildman–Crippen MR) is 122 cm³/mol. The van der Waals surface area contributed by atoms with Gasteiger partial charge in [0.15, 0.2) is 0 Å². The quantitative estimate of drug-likeness (QED) is 0.603. The molecule has 2 heterocycles. The zero-order valence-electron chi connectivity index (χ0n) is 17.5. The number of nitrogens with zero attached hydrogens (tertiary/aromatic N) is 4. The summed E-state index contributed by atoms with van der Waals surface area (Å²) in [6, 6.07) is 17.1. The molecule has 1 fully saturated rings. The Balaban J connectivity index is 1.33. The van der Waals surface area contributed by atoms with Gasteiger partial charge in [0.25, 0.3) is 5.91 Å². The van der Waals surface area contributed by atoms with Crippen LogP contribution in [0.3, 0.4) is 0 Å². The second-order valence-corrected chi connectivity index (χ2v) is 8.52. The van der Waals surface area contributed by atoms with Crippen molar-refractivity contribution in [2.24, 2.45) is 0 Å². The fraction of sp³-hybridized carbons (Fsp3) is 0.292. The van der Waals surface area contributed by atoms with Gasteiger partial charge in [0, 0.05) is 42.8 Å². The number of carbonyl (C=O) groups is 1. The predicted octanol–water partition coefficient (Wildman–Crippen LogP) is 4.25. The molecule has 1 aliphatic rings. The largest absolute Gasteiger partial charge is 0.487 e. The molecule has 0 radical (unpaired) electrons. The highest BCUT2D eigenvalue weighted by atomic mass is 32.1. The minimum Gasteiger partial charge on any atom is -0.487 e. The number of anilines is 1. The van der Waals surface area contributed by atoms with Crippen LogP contribution in [0.15, 0.2) is 53.9 Å². The first-order valence-corrected chi connectivity index (χ1v) is 11.2. The Kier molecular flexibility index (Phi) is 6.48. The molecule has 1 aromatic heterocycles. The van der Waals surface area contributed by atoms with E-state index in [0.717, 1.165) is 48.2 Å². The standard InChI is InChI=1S/C24H24N4O2S/c1-18-26-21(17-31-18)16-30-23-9-5-20(6-10-23)24(29)28-12-2-11-27(13-14-28)22-7-3-19(15-25)4-8-22/h3-10,17H,2,11-14,16H2,1H3. The Labute approximate surface area is 186 Å². The summed E-state index contributed by atoms with van der Waals surface area (Å²) in [5, 5.41) is 12.0. The second kappa shape index (κ2) is 9.63. The first kappa shape index (κ1) is 20.9. The maximum absolute atomic E-state index is 13.0. The van der Waals surface area contributed by atoms with Gasteiger partial charge in [0.2, 0.25) is 0 Å². The lowest BCUT2D eigenvalue weighted by Crippen LogP contribution is -2.35. The summed E-state index contributed by atoms with van der Waals surface area (Å²) in [7, 11) is 0. The highest BCUT2D eigenvalue weighted by molar-refractivity contribution is 7.09. The number of ether oxygens (including phenoxy) is 1. The Hall–Kier alpha value is -3.37. The molecule has 31 heavy (non-hydrogen) atoms. The molecule has 4 rings (SSSR count). The highest BCUT2D eigenvalue weighted by Gasteiger charge is 2.20. The first-order valence-electron chi connectivity index (χ1n) is 10.3. The van der Waals surface area contributed by atoms with Crippen LogP contribution in [-0.2, 0) is 6.61 Å². The smallest absolute Gasteiger partial charge is 0.253 e. The van der Waals surface area contributed by atoms with E-state index in [4.69, 9.17) is 10.00 Å². The summed E-state index contributed by atoms with van der Waals surface area (Å²) in [6.07, 6.45) is 0.903. The monoisotopic (exact) mass is 432 g/mol. The van der Waals surface area contributed by atoms with Crippen molar-refractivity contribution in [3.63, 3.8) is 0 Å². The van der Waals surface area contributed by atoms with E-state index in [9.17, 15) is 4.79 Å². The summed E-state index contributed by atoms with van der Waals surface area (Å²) in [4.78, 5) is 21.6. The molecule has 2 aromatic carbocycles. The maximum atomic E-state index is 13.0. The SMILES string of the molecule is Cc1nc(COc2ccc(C(=O)N3CCCN(c4ccc(C#N)cc4)CC3)cc2)cs1. The third-order valence-electron chi connectivity index (χ3n) is 5.30. The van der Waals surface area contributed by atoms with Gasteiger partial charge in [-0.15, -0.1) is 11.3 Å². The summed E-state index contributed by atoms with van der Waals surface area (Å²) in [6.45, 7) is 5.45. The number of aryl methyl sites for hydroxylation is 1. The van der Waals surface area contributed by atoms with Crippen LogP contribution >= 0.6 is 11.3 Å². The van der Waals surface area contributed by atoms with Crippen LogP contribution < -0.4 is 9.64 Å². The van der Waals surface area contributed by atoms with Gasteiger partial charge < -0.3 is 14.5 Å². The Bertz CT molecular complexity index is 1070. The summed E-state index contributed by atoms with van der Waals surface area (Å²) >= 11 is 1.61. The number of thiazole rings is 1. The van der Waals surface area contributed by atoms with Gasteiger partial charge >= 0.3 is 0 Å². The lowest BCUT2D eigenvalue weighted by molar-refractivity contribution is 0.0767. The highest BCUT2D eigenvalue weighted by Crippen LogP contribution is 2.20. The number of hydrogen-bond acceptors (Lipinski definition) is 6. The molecule has 1 amide bonds. The maximum Gasteiger partial charge on any atom is 0.253 e. The van der Waals surface area contributed by atoms with E-state index in [0.29, 0.717) is 24.3 Å². The number of benzene rings is 2. The van der Waals surface area contributed by atoms with Crippen LogP contribution in [0.1, 0.15) is 33.0 Å². The molecule has 0 bridgehead atoms. The van der Waals surface area contributed by atoms with Crippen molar-refractivity contribution in [2.75, 3.05) is 31.1 Å². The van der Waals surface area contributed by atoms with Gasteiger partial charge in [-0.05, 0) is 61.9 Å². The molecule has 1 aliphatic heterocycles. The molecule has 0 atom stereocenters. The van der Waals surface area contributed by atoms with Gasteiger partial charge in [0.1, 0.15) is 12.4 Å².